The Morgan fingerprint density at radius 1 is 0.950 bits per heavy atom. The fourth-order valence-electron chi connectivity index (χ4n) is 2.17. The molecular formula is C18H32OS. The molecule has 0 atom stereocenters. The molecular weight excluding hydrogens is 264 g/mol. The van der Waals surface area contributed by atoms with Crippen LogP contribution < -0.4 is 0 Å². The second-order valence-corrected chi connectivity index (χ2v) is 5.82. The van der Waals surface area contributed by atoms with Crippen molar-refractivity contribution in [2.24, 2.45) is 5.92 Å². The van der Waals surface area contributed by atoms with E-state index in [4.69, 9.17) is 4.18 Å². The molecule has 0 bridgehead atoms. The minimum atomic E-state index is 0.846. The molecule has 1 rings (SSSR count). The fraction of sp³-hybridized carbons (Fsp3) is 0.667. The van der Waals surface area contributed by atoms with Crippen LogP contribution in [0.25, 0.3) is 0 Å². The molecule has 0 aromatic heterocycles. The third-order valence-corrected chi connectivity index (χ3v) is 3.93. The van der Waals surface area contributed by atoms with E-state index in [9.17, 15) is 0 Å². The van der Waals surface area contributed by atoms with Gasteiger partial charge in [-0.2, -0.15) is 0 Å². The number of aryl methyl sites for hydroxylation is 1. The van der Waals surface area contributed by atoms with E-state index in [-0.39, 0.29) is 0 Å². The predicted octanol–water partition coefficient (Wildman–Crippen LogP) is 6.65. The van der Waals surface area contributed by atoms with Gasteiger partial charge < -0.3 is 4.18 Å². The SMILES string of the molecule is CC.CCCC(CCC)CCOSc1ccc(C)cc1. The molecule has 0 aliphatic rings. The van der Waals surface area contributed by atoms with Crippen molar-refractivity contribution in [2.75, 3.05) is 6.61 Å². The summed E-state index contributed by atoms with van der Waals surface area (Å²) in [6.07, 6.45) is 6.45. The zero-order chi connectivity index (χ0) is 15.2. The van der Waals surface area contributed by atoms with Crippen LogP contribution in [0, 0.1) is 12.8 Å². The van der Waals surface area contributed by atoms with Crippen LogP contribution >= 0.6 is 12.0 Å². The maximum Gasteiger partial charge on any atom is 0.0621 e. The zero-order valence-electron chi connectivity index (χ0n) is 13.9. The molecule has 20 heavy (non-hydrogen) atoms. The second kappa shape index (κ2) is 13.5. The molecule has 0 heterocycles. The molecule has 0 N–H and O–H groups in total. The van der Waals surface area contributed by atoms with Gasteiger partial charge in [-0.3, -0.25) is 0 Å². The van der Waals surface area contributed by atoms with Gasteiger partial charge in [0.25, 0.3) is 0 Å². The topological polar surface area (TPSA) is 9.23 Å². The van der Waals surface area contributed by atoms with Crippen LogP contribution in [0.1, 0.15) is 65.4 Å². The summed E-state index contributed by atoms with van der Waals surface area (Å²) in [6.45, 7) is 11.5. The summed E-state index contributed by atoms with van der Waals surface area (Å²) in [5, 5.41) is 0. The van der Waals surface area contributed by atoms with E-state index in [0.29, 0.717) is 0 Å². The minimum Gasteiger partial charge on any atom is -0.310 e. The van der Waals surface area contributed by atoms with Crippen molar-refractivity contribution in [1.82, 2.24) is 0 Å². The Hall–Kier alpha value is -0.470. The quantitative estimate of drug-likeness (QED) is 0.372. The Kier molecular flexibility index (Phi) is 13.2. The van der Waals surface area contributed by atoms with Crippen molar-refractivity contribution in [3.8, 4) is 0 Å². The Labute approximate surface area is 130 Å². The summed E-state index contributed by atoms with van der Waals surface area (Å²) < 4.78 is 5.70. The molecule has 0 unspecified atom stereocenters. The first-order valence-corrected chi connectivity index (χ1v) is 8.86. The van der Waals surface area contributed by atoms with Gasteiger partial charge in [0.05, 0.1) is 6.61 Å². The molecule has 0 saturated carbocycles. The standard InChI is InChI=1S/C16H26OS.C2H6/c1-4-6-15(7-5-2)12-13-17-18-16-10-8-14(3)9-11-16;1-2/h8-11,15H,4-7,12-13H2,1-3H3;1-2H3. The summed E-state index contributed by atoms with van der Waals surface area (Å²) in [5.41, 5.74) is 1.30. The van der Waals surface area contributed by atoms with Crippen LogP contribution in [-0.4, -0.2) is 6.61 Å². The van der Waals surface area contributed by atoms with E-state index < -0.39 is 0 Å². The van der Waals surface area contributed by atoms with Gasteiger partial charge in [0, 0.05) is 16.9 Å². The molecule has 0 aliphatic carbocycles. The van der Waals surface area contributed by atoms with Gasteiger partial charge in [-0.1, -0.05) is 71.1 Å². The molecule has 0 fully saturated rings. The lowest BCUT2D eigenvalue weighted by Crippen LogP contribution is -2.03. The normalized spacial score (nSPS) is 10.3. The Bertz CT molecular complexity index is 302. The first-order valence-electron chi connectivity index (χ1n) is 8.12. The predicted molar refractivity (Wildman–Crippen MR) is 92.3 cm³/mol. The Morgan fingerprint density at radius 3 is 2.00 bits per heavy atom. The van der Waals surface area contributed by atoms with Gasteiger partial charge in [-0.05, 0) is 31.4 Å². The van der Waals surface area contributed by atoms with Crippen molar-refractivity contribution >= 4 is 12.0 Å². The lowest BCUT2D eigenvalue weighted by atomic mass is 9.95. The lowest BCUT2D eigenvalue weighted by molar-refractivity contribution is 0.297. The molecule has 0 saturated heterocycles. The molecule has 0 amide bonds. The van der Waals surface area contributed by atoms with Gasteiger partial charge >= 0.3 is 0 Å². The van der Waals surface area contributed by atoms with Gasteiger partial charge in [-0.25, -0.2) is 0 Å². The van der Waals surface area contributed by atoms with E-state index in [0.717, 1.165) is 12.5 Å². The average molecular weight is 297 g/mol. The monoisotopic (exact) mass is 296 g/mol. The van der Waals surface area contributed by atoms with Crippen molar-refractivity contribution in [1.29, 1.82) is 0 Å². The van der Waals surface area contributed by atoms with Gasteiger partial charge in [0.1, 0.15) is 0 Å². The molecule has 0 radical (unpaired) electrons. The molecule has 2 heteroatoms. The Morgan fingerprint density at radius 2 is 1.50 bits per heavy atom. The van der Waals surface area contributed by atoms with Crippen LogP contribution in [0.4, 0.5) is 0 Å². The molecule has 1 aromatic rings. The minimum absolute atomic E-state index is 0.846. The number of benzene rings is 1. The maximum absolute atomic E-state index is 5.70. The van der Waals surface area contributed by atoms with Crippen molar-refractivity contribution in [3.63, 3.8) is 0 Å². The zero-order valence-corrected chi connectivity index (χ0v) is 14.8. The number of rotatable bonds is 9. The van der Waals surface area contributed by atoms with Gasteiger partial charge in [0.2, 0.25) is 0 Å². The van der Waals surface area contributed by atoms with E-state index in [1.54, 1.807) is 0 Å². The Balaban J connectivity index is 0.00000172. The van der Waals surface area contributed by atoms with E-state index >= 15 is 0 Å². The highest BCUT2D eigenvalue weighted by Gasteiger charge is 2.06. The van der Waals surface area contributed by atoms with Crippen molar-refractivity contribution < 1.29 is 4.18 Å². The third kappa shape index (κ3) is 9.44. The average Bonchev–Trinajstić information content (AvgIpc) is 2.48. The molecule has 0 aliphatic heterocycles. The highest BCUT2D eigenvalue weighted by atomic mass is 32.2. The fourth-order valence-corrected chi connectivity index (χ4v) is 2.73. The van der Waals surface area contributed by atoms with E-state index in [2.05, 4.69) is 45.0 Å². The molecule has 116 valence electrons. The highest BCUT2D eigenvalue weighted by Crippen LogP contribution is 2.22. The summed E-state index contributed by atoms with van der Waals surface area (Å²) in [4.78, 5) is 1.20. The van der Waals surface area contributed by atoms with E-state index in [1.165, 1.54) is 54.6 Å². The number of hydrogen-bond donors (Lipinski definition) is 0. The lowest BCUT2D eigenvalue weighted by Gasteiger charge is -2.14. The first kappa shape index (κ1) is 19.5. The highest BCUT2D eigenvalue weighted by molar-refractivity contribution is 7.94. The largest absolute Gasteiger partial charge is 0.310 e. The summed E-state index contributed by atoms with van der Waals surface area (Å²) in [5.74, 6) is 0.846. The van der Waals surface area contributed by atoms with Crippen LogP contribution in [0.15, 0.2) is 29.2 Å². The van der Waals surface area contributed by atoms with Crippen LogP contribution in [0.2, 0.25) is 0 Å². The molecule has 0 spiro atoms. The summed E-state index contributed by atoms with van der Waals surface area (Å²) in [6, 6.07) is 8.50. The smallest absolute Gasteiger partial charge is 0.0621 e. The summed E-state index contributed by atoms with van der Waals surface area (Å²) in [7, 11) is 0. The van der Waals surface area contributed by atoms with Gasteiger partial charge in [-0.15, -0.1) is 0 Å². The first-order chi connectivity index (χ1) is 9.76. The van der Waals surface area contributed by atoms with Crippen LogP contribution in [-0.2, 0) is 4.18 Å². The third-order valence-electron chi connectivity index (χ3n) is 3.18. The van der Waals surface area contributed by atoms with E-state index in [1.807, 2.05) is 13.8 Å². The van der Waals surface area contributed by atoms with Crippen LogP contribution in [0.5, 0.6) is 0 Å². The number of hydrogen-bond acceptors (Lipinski definition) is 2. The van der Waals surface area contributed by atoms with Crippen molar-refractivity contribution in [3.05, 3.63) is 29.8 Å². The van der Waals surface area contributed by atoms with Gasteiger partial charge in [0.15, 0.2) is 0 Å². The second-order valence-electron chi connectivity index (χ2n) is 4.95. The maximum atomic E-state index is 5.70. The summed E-state index contributed by atoms with van der Waals surface area (Å²) >= 11 is 1.51. The van der Waals surface area contributed by atoms with Crippen molar-refractivity contribution in [2.45, 2.75) is 71.6 Å². The molecule has 1 aromatic carbocycles. The van der Waals surface area contributed by atoms with Crippen LogP contribution in [0.3, 0.4) is 0 Å². The molecule has 1 nitrogen and oxygen atoms in total.